The van der Waals surface area contributed by atoms with Crippen LogP contribution in [0.15, 0.2) is 0 Å². The van der Waals surface area contributed by atoms with Gasteiger partial charge in [0.05, 0.1) is 5.92 Å². The highest BCUT2D eigenvalue weighted by Gasteiger charge is 2.21. The SMILES string of the molecule is CCCC1CCN(C(=O)NCCCC(C)C(=O)O)CC1. The monoisotopic (exact) mass is 284 g/mol. The molecular weight excluding hydrogens is 256 g/mol. The van der Waals surface area contributed by atoms with Gasteiger partial charge < -0.3 is 15.3 Å². The Bertz CT molecular complexity index is 312. The minimum absolute atomic E-state index is 0.00271. The summed E-state index contributed by atoms with van der Waals surface area (Å²) in [6.45, 7) is 6.16. The standard InChI is InChI=1S/C15H28N2O3/c1-3-5-13-7-10-17(11-8-13)15(20)16-9-4-6-12(2)14(18)19/h12-13H,3-11H2,1-2H3,(H,16,20)(H,18,19). The first-order chi connectivity index (χ1) is 9.54. The van der Waals surface area contributed by atoms with Gasteiger partial charge in [-0.15, -0.1) is 0 Å². The molecule has 0 spiro atoms. The first kappa shape index (κ1) is 16.8. The highest BCUT2D eigenvalue weighted by atomic mass is 16.4. The molecule has 5 heteroatoms. The summed E-state index contributed by atoms with van der Waals surface area (Å²) in [6.07, 6.45) is 6.02. The van der Waals surface area contributed by atoms with Crippen LogP contribution in [0, 0.1) is 11.8 Å². The maximum absolute atomic E-state index is 11.9. The Morgan fingerprint density at radius 1 is 1.35 bits per heavy atom. The molecule has 1 rings (SSSR count). The van der Waals surface area contributed by atoms with E-state index in [0.717, 1.165) is 31.8 Å². The molecule has 20 heavy (non-hydrogen) atoms. The number of carboxylic acids is 1. The van der Waals surface area contributed by atoms with Crippen LogP contribution < -0.4 is 5.32 Å². The van der Waals surface area contributed by atoms with Crippen LogP contribution in [0.5, 0.6) is 0 Å². The van der Waals surface area contributed by atoms with Gasteiger partial charge in [-0.2, -0.15) is 0 Å². The third kappa shape index (κ3) is 5.80. The van der Waals surface area contributed by atoms with Crippen LogP contribution in [-0.4, -0.2) is 41.6 Å². The van der Waals surface area contributed by atoms with Crippen molar-refractivity contribution in [2.24, 2.45) is 11.8 Å². The Hall–Kier alpha value is -1.26. The second-order valence-corrected chi connectivity index (χ2v) is 5.83. The van der Waals surface area contributed by atoms with Crippen molar-refractivity contribution < 1.29 is 14.7 Å². The van der Waals surface area contributed by atoms with Crippen molar-refractivity contribution in [1.82, 2.24) is 10.2 Å². The van der Waals surface area contributed by atoms with E-state index in [1.807, 2.05) is 4.90 Å². The van der Waals surface area contributed by atoms with Crippen molar-refractivity contribution >= 4 is 12.0 Å². The molecule has 116 valence electrons. The van der Waals surface area contributed by atoms with Gasteiger partial charge in [0, 0.05) is 19.6 Å². The molecule has 0 aromatic heterocycles. The summed E-state index contributed by atoms with van der Waals surface area (Å²) >= 11 is 0. The van der Waals surface area contributed by atoms with Crippen molar-refractivity contribution in [3.8, 4) is 0 Å². The predicted molar refractivity (Wildman–Crippen MR) is 78.6 cm³/mol. The number of amides is 2. The van der Waals surface area contributed by atoms with E-state index >= 15 is 0 Å². The second-order valence-electron chi connectivity index (χ2n) is 5.83. The van der Waals surface area contributed by atoms with Gasteiger partial charge in [-0.1, -0.05) is 26.7 Å². The predicted octanol–water partition coefficient (Wildman–Crippen LogP) is 2.71. The van der Waals surface area contributed by atoms with Gasteiger partial charge in [0.15, 0.2) is 0 Å². The highest BCUT2D eigenvalue weighted by Crippen LogP contribution is 2.21. The van der Waals surface area contributed by atoms with E-state index in [-0.39, 0.29) is 11.9 Å². The van der Waals surface area contributed by atoms with E-state index in [4.69, 9.17) is 5.11 Å². The molecule has 0 aromatic rings. The quantitative estimate of drug-likeness (QED) is 0.706. The maximum Gasteiger partial charge on any atom is 0.317 e. The lowest BCUT2D eigenvalue weighted by atomic mass is 9.93. The van der Waals surface area contributed by atoms with Gasteiger partial charge in [-0.05, 0) is 31.6 Å². The number of aliphatic carboxylic acids is 1. The molecule has 2 N–H and O–H groups in total. The van der Waals surface area contributed by atoms with Crippen LogP contribution in [0.2, 0.25) is 0 Å². The molecule has 1 aliphatic rings. The molecule has 0 aliphatic carbocycles. The minimum atomic E-state index is -0.769. The number of hydrogen-bond acceptors (Lipinski definition) is 2. The Balaban J connectivity index is 2.13. The smallest absolute Gasteiger partial charge is 0.317 e. The van der Waals surface area contributed by atoms with Gasteiger partial charge in [0.25, 0.3) is 0 Å². The largest absolute Gasteiger partial charge is 0.481 e. The minimum Gasteiger partial charge on any atom is -0.481 e. The molecule has 0 aromatic carbocycles. The van der Waals surface area contributed by atoms with Crippen LogP contribution in [0.1, 0.15) is 52.4 Å². The van der Waals surface area contributed by atoms with Gasteiger partial charge in [-0.25, -0.2) is 4.79 Å². The van der Waals surface area contributed by atoms with E-state index in [0.29, 0.717) is 19.4 Å². The lowest BCUT2D eigenvalue weighted by molar-refractivity contribution is -0.141. The molecule has 0 radical (unpaired) electrons. The van der Waals surface area contributed by atoms with Gasteiger partial charge in [-0.3, -0.25) is 4.79 Å². The Morgan fingerprint density at radius 2 is 2.00 bits per heavy atom. The van der Waals surface area contributed by atoms with Crippen molar-refractivity contribution in [2.75, 3.05) is 19.6 Å². The van der Waals surface area contributed by atoms with Gasteiger partial charge in [0.1, 0.15) is 0 Å². The van der Waals surface area contributed by atoms with Crippen molar-refractivity contribution in [3.05, 3.63) is 0 Å². The Morgan fingerprint density at radius 3 is 2.55 bits per heavy atom. The van der Waals surface area contributed by atoms with E-state index < -0.39 is 5.97 Å². The van der Waals surface area contributed by atoms with E-state index in [2.05, 4.69) is 12.2 Å². The summed E-state index contributed by atoms with van der Waals surface area (Å²) in [5.41, 5.74) is 0. The van der Waals surface area contributed by atoms with Gasteiger partial charge >= 0.3 is 12.0 Å². The number of carboxylic acid groups (broad SMARTS) is 1. The molecule has 1 fully saturated rings. The number of urea groups is 1. The number of rotatable bonds is 7. The fourth-order valence-electron chi connectivity index (χ4n) is 2.67. The highest BCUT2D eigenvalue weighted by molar-refractivity contribution is 5.74. The fourth-order valence-corrected chi connectivity index (χ4v) is 2.67. The lowest BCUT2D eigenvalue weighted by Crippen LogP contribution is -2.44. The second kappa shape index (κ2) is 8.82. The molecule has 1 aliphatic heterocycles. The molecule has 1 unspecified atom stereocenters. The molecule has 2 amide bonds. The first-order valence-electron chi connectivity index (χ1n) is 7.80. The van der Waals surface area contributed by atoms with Crippen molar-refractivity contribution in [2.45, 2.75) is 52.4 Å². The summed E-state index contributed by atoms with van der Waals surface area (Å²) in [7, 11) is 0. The summed E-state index contributed by atoms with van der Waals surface area (Å²) in [6, 6.07) is 0.00271. The summed E-state index contributed by atoms with van der Waals surface area (Å²) in [5.74, 6) is -0.327. The average molecular weight is 284 g/mol. The zero-order valence-electron chi connectivity index (χ0n) is 12.7. The molecule has 0 saturated carbocycles. The van der Waals surface area contributed by atoms with Crippen LogP contribution in [0.4, 0.5) is 4.79 Å². The number of hydrogen-bond donors (Lipinski definition) is 2. The average Bonchev–Trinajstić information content (AvgIpc) is 2.44. The zero-order valence-corrected chi connectivity index (χ0v) is 12.7. The molecule has 1 heterocycles. The Kier molecular flexibility index (Phi) is 7.41. The normalized spacial score (nSPS) is 17.8. The van der Waals surface area contributed by atoms with Crippen LogP contribution in [0.3, 0.4) is 0 Å². The van der Waals surface area contributed by atoms with Crippen LogP contribution in [-0.2, 0) is 4.79 Å². The lowest BCUT2D eigenvalue weighted by Gasteiger charge is -2.32. The number of carbonyl (C=O) groups is 2. The number of carbonyl (C=O) groups excluding carboxylic acids is 1. The topological polar surface area (TPSA) is 69.6 Å². The van der Waals surface area contributed by atoms with Crippen molar-refractivity contribution in [3.63, 3.8) is 0 Å². The first-order valence-corrected chi connectivity index (χ1v) is 7.80. The summed E-state index contributed by atoms with van der Waals surface area (Å²) < 4.78 is 0. The van der Waals surface area contributed by atoms with E-state index in [1.165, 1.54) is 12.8 Å². The number of likely N-dealkylation sites (tertiary alicyclic amines) is 1. The summed E-state index contributed by atoms with van der Waals surface area (Å²) in [5, 5.41) is 11.7. The Labute approximate surface area is 121 Å². The third-order valence-corrected chi connectivity index (χ3v) is 4.11. The van der Waals surface area contributed by atoms with Gasteiger partial charge in [0.2, 0.25) is 0 Å². The van der Waals surface area contributed by atoms with Crippen molar-refractivity contribution in [1.29, 1.82) is 0 Å². The van der Waals surface area contributed by atoms with Crippen LogP contribution in [0.25, 0.3) is 0 Å². The van der Waals surface area contributed by atoms with E-state index in [1.54, 1.807) is 6.92 Å². The van der Waals surface area contributed by atoms with E-state index in [9.17, 15) is 9.59 Å². The van der Waals surface area contributed by atoms with Crippen LogP contribution >= 0.6 is 0 Å². The number of nitrogens with one attached hydrogen (secondary N) is 1. The molecular formula is C15H28N2O3. The molecule has 1 saturated heterocycles. The summed E-state index contributed by atoms with van der Waals surface area (Å²) in [4.78, 5) is 24.5. The zero-order chi connectivity index (χ0) is 15.0. The third-order valence-electron chi connectivity index (χ3n) is 4.11. The number of nitrogens with zero attached hydrogens (tertiary/aromatic N) is 1. The number of piperidine rings is 1. The maximum atomic E-state index is 11.9. The molecule has 1 atom stereocenters. The molecule has 5 nitrogen and oxygen atoms in total. The molecule has 0 bridgehead atoms. The fraction of sp³-hybridized carbons (Fsp3) is 0.867.